The van der Waals surface area contributed by atoms with Crippen LogP contribution in [0, 0.1) is 17.0 Å². The number of carbonyl (C=O) groups is 1. The van der Waals surface area contributed by atoms with E-state index < -0.39 is 0 Å². The van der Waals surface area contributed by atoms with E-state index in [1.807, 2.05) is 0 Å². The molecule has 1 spiro atoms. The number of nitrogens with one attached hydrogen (secondary N) is 1. The van der Waals surface area contributed by atoms with E-state index in [1.54, 1.807) is 24.3 Å². The third kappa shape index (κ3) is 3.12. The van der Waals surface area contributed by atoms with Gasteiger partial charge in [0.1, 0.15) is 11.6 Å². The first-order valence-corrected chi connectivity index (χ1v) is 9.11. The van der Waals surface area contributed by atoms with Gasteiger partial charge >= 0.3 is 0 Å². The highest BCUT2D eigenvalue weighted by molar-refractivity contribution is 5.85. The molecule has 0 bridgehead atoms. The molecule has 2 aromatic carbocycles. The maximum Gasteiger partial charge on any atom is 0.227 e. The molecule has 5 heteroatoms. The number of rotatable bonds is 3. The lowest BCUT2D eigenvalue weighted by molar-refractivity contribution is -0.130. The minimum absolute atomic E-state index is 0.123. The van der Waals surface area contributed by atoms with E-state index in [0.29, 0.717) is 6.54 Å². The Bertz CT molecular complexity index is 745. The van der Waals surface area contributed by atoms with Crippen molar-refractivity contribution in [1.82, 2.24) is 10.2 Å². The first kappa shape index (κ1) is 17.2. The number of hydrogen-bond acceptors (Lipinski definition) is 2. The fourth-order valence-electron chi connectivity index (χ4n) is 4.40. The lowest BCUT2D eigenvalue weighted by Crippen LogP contribution is -2.48. The van der Waals surface area contributed by atoms with Crippen molar-refractivity contribution in [2.75, 3.05) is 19.6 Å². The zero-order valence-electron chi connectivity index (χ0n) is 14.6. The smallest absolute Gasteiger partial charge is 0.227 e. The van der Waals surface area contributed by atoms with Crippen LogP contribution in [0.4, 0.5) is 8.78 Å². The van der Waals surface area contributed by atoms with Gasteiger partial charge in [-0.2, -0.15) is 0 Å². The zero-order chi connectivity index (χ0) is 18.1. The molecule has 2 aliphatic heterocycles. The standard InChI is InChI=1S/C21H22F2N2O/c22-17-6-2-15(3-7-17)19(16-4-8-18(23)9-5-16)25-13-1-10-21(14-25)11-12-24-20(21)26/h2-9,19H,1,10-14H2,(H,24,26). The van der Waals surface area contributed by atoms with Crippen LogP contribution in [0.5, 0.6) is 0 Å². The summed E-state index contributed by atoms with van der Waals surface area (Å²) in [6, 6.07) is 12.8. The van der Waals surface area contributed by atoms with Gasteiger partial charge in [-0.25, -0.2) is 8.78 Å². The van der Waals surface area contributed by atoms with Crippen molar-refractivity contribution in [3.05, 3.63) is 71.3 Å². The lowest BCUT2D eigenvalue weighted by Gasteiger charge is -2.42. The fourth-order valence-corrected chi connectivity index (χ4v) is 4.40. The van der Waals surface area contributed by atoms with Gasteiger partial charge in [-0.05, 0) is 61.2 Å². The topological polar surface area (TPSA) is 32.3 Å². The number of likely N-dealkylation sites (tertiary alicyclic amines) is 1. The van der Waals surface area contributed by atoms with Crippen molar-refractivity contribution in [1.29, 1.82) is 0 Å². The van der Waals surface area contributed by atoms with Crippen LogP contribution in [0.1, 0.15) is 36.4 Å². The summed E-state index contributed by atoms with van der Waals surface area (Å²) in [4.78, 5) is 14.7. The van der Waals surface area contributed by atoms with Crippen LogP contribution in [0.3, 0.4) is 0 Å². The van der Waals surface area contributed by atoms with Gasteiger partial charge in [0.25, 0.3) is 0 Å². The Morgan fingerprint density at radius 1 is 0.923 bits per heavy atom. The van der Waals surface area contributed by atoms with Crippen LogP contribution >= 0.6 is 0 Å². The summed E-state index contributed by atoms with van der Waals surface area (Å²) in [5, 5.41) is 2.97. The van der Waals surface area contributed by atoms with E-state index in [9.17, 15) is 13.6 Å². The number of nitrogens with zero attached hydrogens (tertiary/aromatic N) is 1. The largest absolute Gasteiger partial charge is 0.356 e. The van der Waals surface area contributed by atoms with Crippen molar-refractivity contribution in [3.8, 4) is 0 Å². The second-order valence-corrected chi connectivity index (χ2v) is 7.37. The van der Waals surface area contributed by atoms with Crippen molar-refractivity contribution in [3.63, 3.8) is 0 Å². The molecule has 0 aliphatic carbocycles. The molecule has 1 N–H and O–H groups in total. The quantitative estimate of drug-likeness (QED) is 0.910. The lowest BCUT2D eigenvalue weighted by atomic mass is 9.77. The molecule has 0 aromatic heterocycles. The molecule has 26 heavy (non-hydrogen) atoms. The van der Waals surface area contributed by atoms with E-state index in [1.165, 1.54) is 24.3 Å². The van der Waals surface area contributed by atoms with E-state index in [4.69, 9.17) is 0 Å². The Balaban J connectivity index is 1.71. The summed E-state index contributed by atoms with van der Waals surface area (Å²) in [6.07, 6.45) is 2.68. The SMILES string of the molecule is O=C1NCCC12CCCN(C(c1ccc(F)cc1)c1ccc(F)cc1)C2. The van der Waals surface area contributed by atoms with E-state index >= 15 is 0 Å². The predicted octanol–water partition coefficient (Wildman–Crippen LogP) is 3.66. The zero-order valence-corrected chi connectivity index (χ0v) is 14.6. The Labute approximate surface area is 152 Å². The van der Waals surface area contributed by atoms with Gasteiger partial charge in [-0.15, -0.1) is 0 Å². The number of benzene rings is 2. The molecule has 2 aliphatic rings. The van der Waals surface area contributed by atoms with E-state index in [-0.39, 0.29) is 29.0 Å². The molecule has 3 nitrogen and oxygen atoms in total. The van der Waals surface area contributed by atoms with Gasteiger partial charge in [0.2, 0.25) is 5.91 Å². The highest BCUT2D eigenvalue weighted by Crippen LogP contribution is 2.41. The maximum absolute atomic E-state index is 13.4. The van der Waals surface area contributed by atoms with Crippen LogP contribution < -0.4 is 5.32 Å². The molecule has 2 saturated heterocycles. The molecule has 136 valence electrons. The first-order chi connectivity index (χ1) is 12.6. The van der Waals surface area contributed by atoms with Crippen LogP contribution in [0.25, 0.3) is 0 Å². The third-order valence-electron chi connectivity index (χ3n) is 5.71. The van der Waals surface area contributed by atoms with Crippen LogP contribution in [0.15, 0.2) is 48.5 Å². The highest BCUT2D eigenvalue weighted by atomic mass is 19.1. The molecule has 0 radical (unpaired) electrons. The summed E-state index contributed by atoms with van der Waals surface area (Å²) < 4.78 is 26.8. The Hall–Kier alpha value is -2.27. The first-order valence-electron chi connectivity index (χ1n) is 9.11. The number of amides is 1. The average molecular weight is 356 g/mol. The molecule has 1 unspecified atom stereocenters. The number of hydrogen-bond donors (Lipinski definition) is 1. The fraction of sp³-hybridized carbons (Fsp3) is 0.381. The molecule has 2 heterocycles. The molecule has 0 saturated carbocycles. The van der Waals surface area contributed by atoms with Gasteiger partial charge in [0, 0.05) is 13.1 Å². The highest BCUT2D eigenvalue weighted by Gasteiger charge is 2.46. The molecule has 2 aromatic rings. The number of halogens is 2. The second-order valence-electron chi connectivity index (χ2n) is 7.37. The van der Waals surface area contributed by atoms with Gasteiger partial charge in [-0.3, -0.25) is 9.69 Å². The Morgan fingerprint density at radius 2 is 1.50 bits per heavy atom. The molecular weight excluding hydrogens is 334 g/mol. The normalized spacial score (nSPS) is 23.6. The third-order valence-corrected chi connectivity index (χ3v) is 5.71. The summed E-state index contributed by atoms with van der Waals surface area (Å²) >= 11 is 0. The van der Waals surface area contributed by atoms with Crippen LogP contribution in [-0.4, -0.2) is 30.4 Å². The second kappa shape index (κ2) is 6.80. The average Bonchev–Trinajstić information content (AvgIpc) is 2.98. The molecule has 1 atom stereocenters. The molecular formula is C21H22F2N2O. The number of carbonyl (C=O) groups excluding carboxylic acids is 1. The van der Waals surface area contributed by atoms with Gasteiger partial charge in [-0.1, -0.05) is 24.3 Å². The minimum atomic E-state index is -0.337. The van der Waals surface area contributed by atoms with Gasteiger partial charge in [0.05, 0.1) is 11.5 Å². The van der Waals surface area contributed by atoms with Crippen molar-refractivity contribution >= 4 is 5.91 Å². The monoisotopic (exact) mass is 356 g/mol. The van der Waals surface area contributed by atoms with Crippen LogP contribution in [0.2, 0.25) is 0 Å². The van der Waals surface area contributed by atoms with Crippen molar-refractivity contribution in [2.45, 2.75) is 25.3 Å². The predicted molar refractivity (Wildman–Crippen MR) is 95.5 cm³/mol. The minimum Gasteiger partial charge on any atom is -0.356 e. The molecule has 1 amide bonds. The summed E-state index contributed by atoms with van der Waals surface area (Å²) in [5.74, 6) is -0.423. The summed E-state index contributed by atoms with van der Waals surface area (Å²) in [7, 11) is 0. The summed E-state index contributed by atoms with van der Waals surface area (Å²) in [5.41, 5.74) is 1.57. The van der Waals surface area contributed by atoms with E-state index in [2.05, 4.69) is 10.2 Å². The van der Waals surface area contributed by atoms with Gasteiger partial charge in [0.15, 0.2) is 0 Å². The maximum atomic E-state index is 13.4. The van der Waals surface area contributed by atoms with Crippen molar-refractivity contribution in [2.24, 2.45) is 5.41 Å². The van der Waals surface area contributed by atoms with E-state index in [0.717, 1.165) is 43.5 Å². The molecule has 4 rings (SSSR count). The summed E-state index contributed by atoms with van der Waals surface area (Å²) in [6.45, 7) is 2.25. The van der Waals surface area contributed by atoms with Gasteiger partial charge < -0.3 is 5.32 Å². The Kier molecular flexibility index (Phi) is 4.49. The Morgan fingerprint density at radius 3 is 2.00 bits per heavy atom. The van der Waals surface area contributed by atoms with Crippen LogP contribution in [-0.2, 0) is 4.79 Å². The van der Waals surface area contributed by atoms with Crippen molar-refractivity contribution < 1.29 is 13.6 Å². The number of piperidine rings is 1. The molecule has 2 fully saturated rings.